The first-order valence-corrected chi connectivity index (χ1v) is 14.7. The Bertz CT molecular complexity index is 1580. The fourth-order valence-corrected chi connectivity index (χ4v) is 6.14. The van der Waals surface area contributed by atoms with E-state index in [1.54, 1.807) is 29.2 Å². The number of hydrogen-bond acceptors (Lipinski definition) is 8. The molecule has 0 radical (unpaired) electrons. The smallest absolute Gasteiger partial charge is 0.294 e. The van der Waals surface area contributed by atoms with E-state index in [0.717, 1.165) is 12.8 Å². The highest BCUT2D eigenvalue weighted by atomic mass is 79.9. The average Bonchev–Trinajstić information content (AvgIpc) is 2.97. The number of anilines is 1. The third-order valence-electron chi connectivity index (χ3n) is 8.01. The number of aromatic nitrogens is 1. The molecule has 0 spiro atoms. The number of fused-ring (bicyclic) bond motifs is 1. The van der Waals surface area contributed by atoms with Crippen molar-refractivity contribution in [2.45, 2.75) is 37.8 Å². The molecule has 5 rings (SSSR count). The summed E-state index contributed by atoms with van der Waals surface area (Å²) in [4.78, 5) is 57.8. The zero-order chi connectivity index (χ0) is 30.0. The number of nitro groups is 1. The van der Waals surface area contributed by atoms with Gasteiger partial charge in [0.2, 0.25) is 5.56 Å². The van der Waals surface area contributed by atoms with Crippen molar-refractivity contribution in [3.8, 4) is 5.75 Å². The number of carbonyl (C=O) groups is 2. The molecule has 2 aromatic carbocycles. The lowest BCUT2D eigenvalue weighted by molar-refractivity contribution is -0.384. The maximum atomic E-state index is 13.7. The number of ether oxygens (including phenoxy) is 1. The number of piperazine rings is 1. The largest absolute Gasteiger partial charge is 0.497 e. The number of nitro benzene ring substituents is 1. The number of benzene rings is 2. The van der Waals surface area contributed by atoms with Gasteiger partial charge >= 0.3 is 0 Å². The molecule has 2 amide bonds. The summed E-state index contributed by atoms with van der Waals surface area (Å²) in [5, 5.41) is 19.1. The molecule has 1 aliphatic heterocycles. The van der Waals surface area contributed by atoms with Gasteiger partial charge in [-0.05, 0) is 44.2 Å². The van der Waals surface area contributed by atoms with Crippen molar-refractivity contribution in [3.05, 3.63) is 72.5 Å². The average molecular weight is 642 g/mol. The molecule has 3 N–H and O–H groups in total. The Kier molecular flexibility index (Phi) is 8.78. The lowest BCUT2D eigenvalue weighted by Crippen LogP contribution is -2.49. The molecule has 2 heterocycles. The molecule has 2 atom stereocenters. The number of amides is 2. The number of nitrogens with one attached hydrogen (secondary N) is 3. The standard InChI is InChI=1S/C29H33BrN6O6/c1-34-9-11-35(12-10-34)29(39)21-13-17(30)14-25(36(40)41)27(21)32-23-5-3-4-6-24(23)33-28(38)20-16-26(37)31-22-8-7-18(42-2)15-19(20)22/h7-8,13-16,23-24,32H,3-6,9-12H2,1-2H3,(H,31,37)(H,33,38)/t23-,24+/m1/s1. The van der Waals surface area contributed by atoms with Crippen LogP contribution in [0.3, 0.4) is 0 Å². The normalized spacial score (nSPS) is 19.4. The predicted octanol–water partition coefficient (Wildman–Crippen LogP) is 3.75. The number of carbonyl (C=O) groups excluding carboxylic acids is 2. The van der Waals surface area contributed by atoms with Crippen molar-refractivity contribution in [3.63, 3.8) is 0 Å². The summed E-state index contributed by atoms with van der Waals surface area (Å²) in [6, 6.07) is 8.55. The zero-order valence-electron chi connectivity index (χ0n) is 23.4. The minimum absolute atomic E-state index is 0.143. The number of likely N-dealkylation sites (N-methyl/N-ethyl adjacent to an activating group) is 1. The third-order valence-corrected chi connectivity index (χ3v) is 8.46. The molecule has 1 saturated heterocycles. The van der Waals surface area contributed by atoms with E-state index in [0.29, 0.717) is 60.1 Å². The fraction of sp³-hybridized carbons (Fsp3) is 0.414. The Hall–Kier alpha value is -3.97. The van der Waals surface area contributed by atoms with Crippen LogP contribution in [0.25, 0.3) is 10.9 Å². The van der Waals surface area contributed by atoms with E-state index in [1.165, 1.54) is 19.2 Å². The lowest BCUT2D eigenvalue weighted by Gasteiger charge is -2.35. The Morgan fingerprint density at radius 1 is 1.05 bits per heavy atom. The molecule has 222 valence electrons. The zero-order valence-corrected chi connectivity index (χ0v) is 25.0. The maximum absolute atomic E-state index is 13.7. The molecule has 0 unspecified atom stereocenters. The molecule has 3 aromatic rings. The molecule has 12 nitrogen and oxygen atoms in total. The molecule has 42 heavy (non-hydrogen) atoms. The van der Waals surface area contributed by atoms with Crippen LogP contribution in [0.4, 0.5) is 11.4 Å². The van der Waals surface area contributed by atoms with Gasteiger partial charge in [-0.2, -0.15) is 0 Å². The first kappa shape index (κ1) is 29.5. The summed E-state index contributed by atoms with van der Waals surface area (Å²) in [5.74, 6) is -0.173. The van der Waals surface area contributed by atoms with Crippen LogP contribution in [0.5, 0.6) is 5.75 Å². The molecule has 1 aromatic heterocycles. The number of rotatable bonds is 7. The minimum Gasteiger partial charge on any atom is -0.497 e. The van der Waals surface area contributed by atoms with Crippen molar-refractivity contribution in [1.29, 1.82) is 0 Å². The number of pyridine rings is 1. The van der Waals surface area contributed by atoms with E-state index < -0.39 is 22.4 Å². The monoisotopic (exact) mass is 640 g/mol. The van der Waals surface area contributed by atoms with Crippen LogP contribution < -0.4 is 20.9 Å². The molecule has 2 fully saturated rings. The van der Waals surface area contributed by atoms with Crippen LogP contribution in [-0.4, -0.2) is 83.9 Å². The number of halogens is 1. The highest BCUT2D eigenvalue weighted by Crippen LogP contribution is 2.36. The van der Waals surface area contributed by atoms with E-state index >= 15 is 0 Å². The summed E-state index contributed by atoms with van der Waals surface area (Å²) in [5.41, 5.74) is 0.439. The van der Waals surface area contributed by atoms with Crippen molar-refractivity contribution < 1.29 is 19.2 Å². The summed E-state index contributed by atoms with van der Waals surface area (Å²) in [7, 11) is 3.51. The summed E-state index contributed by atoms with van der Waals surface area (Å²) >= 11 is 3.34. The second-order valence-corrected chi connectivity index (χ2v) is 11.7. The first-order chi connectivity index (χ1) is 20.1. The maximum Gasteiger partial charge on any atom is 0.294 e. The van der Waals surface area contributed by atoms with Crippen LogP contribution in [0.15, 0.2) is 45.7 Å². The van der Waals surface area contributed by atoms with Crippen LogP contribution in [-0.2, 0) is 0 Å². The van der Waals surface area contributed by atoms with Crippen molar-refractivity contribution in [1.82, 2.24) is 20.1 Å². The van der Waals surface area contributed by atoms with Gasteiger partial charge in [0.25, 0.3) is 17.5 Å². The number of H-pyrrole nitrogens is 1. The van der Waals surface area contributed by atoms with E-state index in [9.17, 15) is 24.5 Å². The van der Waals surface area contributed by atoms with Crippen LogP contribution in [0.2, 0.25) is 0 Å². The number of aromatic amines is 1. The van der Waals surface area contributed by atoms with Gasteiger partial charge in [0.1, 0.15) is 11.4 Å². The fourth-order valence-electron chi connectivity index (χ4n) is 5.69. The minimum atomic E-state index is -0.500. The molecule has 13 heteroatoms. The molecular weight excluding hydrogens is 608 g/mol. The number of nitrogens with zero attached hydrogens (tertiary/aromatic N) is 3. The Balaban J connectivity index is 1.46. The highest BCUT2D eigenvalue weighted by Gasteiger charge is 2.33. The van der Waals surface area contributed by atoms with Crippen molar-refractivity contribution in [2.24, 2.45) is 0 Å². The SMILES string of the molecule is COc1ccc2[nH]c(=O)cc(C(=O)N[C@H]3CCCC[C@H]3Nc3c(C(=O)N4CCN(C)CC4)cc(Br)cc3[N+](=O)[O-])c2c1. The molecule has 2 aliphatic rings. The van der Waals surface area contributed by atoms with Gasteiger partial charge in [-0.25, -0.2) is 0 Å². The highest BCUT2D eigenvalue weighted by molar-refractivity contribution is 9.10. The van der Waals surface area contributed by atoms with E-state index in [2.05, 4.69) is 36.4 Å². The molecule has 0 bridgehead atoms. The quantitative estimate of drug-likeness (QED) is 0.261. The summed E-state index contributed by atoms with van der Waals surface area (Å²) < 4.78 is 5.75. The van der Waals surface area contributed by atoms with Crippen LogP contribution >= 0.6 is 15.9 Å². The van der Waals surface area contributed by atoms with Gasteiger partial charge in [-0.1, -0.05) is 28.8 Å². The predicted molar refractivity (Wildman–Crippen MR) is 162 cm³/mol. The number of methoxy groups -OCH3 is 1. The Morgan fingerprint density at radius 2 is 1.76 bits per heavy atom. The van der Waals surface area contributed by atoms with Gasteiger partial charge in [0, 0.05) is 65.8 Å². The topological polar surface area (TPSA) is 150 Å². The van der Waals surface area contributed by atoms with E-state index in [4.69, 9.17) is 4.74 Å². The van der Waals surface area contributed by atoms with Crippen LogP contribution in [0.1, 0.15) is 46.4 Å². The van der Waals surface area contributed by atoms with Gasteiger partial charge in [-0.15, -0.1) is 0 Å². The second kappa shape index (κ2) is 12.5. The van der Waals surface area contributed by atoms with E-state index in [-0.39, 0.29) is 34.5 Å². The molecule has 1 aliphatic carbocycles. The summed E-state index contributed by atoms with van der Waals surface area (Å²) in [6.45, 7) is 2.46. The van der Waals surface area contributed by atoms with Crippen molar-refractivity contribution >= 4 is 50.0 Å². The van der Waals surface area contributed by atoms with E-state index in [1.807, 2.05) is 7.05 Å². The van der Waals surface area contributed by atoms with Crippen molar-refractivity contribution in [2.75, 3.05) is 45.7 Å². The van der Waals surface area contributed by atoms with Gasteiger partial charge < -0.3 is 30.2 Å². The lowest BCUT2D eigenvalue weighted by atomic mass is 9.89. The van der Waals surface area contributed by atoms with Gasteiger partial charge in [-0.3, -0.25) is 24.5 Å². The third kappa shape index (κ3) is 6.26. The van der Waals surface area contributed by atoms with Gasteiger partial charge in [0.05, 0.1) is 23.2 Å². The first-order valence-electron chi connectivity index (χ1n) is 13.9. The summed E-state index contributed by atoms with van der Waals surface area (Å²) in [6.07, 6.45) is 2.95. The second-order valence-electron chi connectivity index (χ2n) is 10.8. The van der Waals surface area contributed by atoms with Gasteiger partial charge in [0.15, 0.2) is 0 Å². The Labute approximate surface area is 250 Å². The van der Waals surface area contributed by atoms with Crippen LogP contribution in [0, 0.1) is 10.1 Å². The number of hydrogen-bond donors (Lipinski definition) is 3. The molecule has 1 saturated carbocycles. The Morgan fingerprint density at radius 3 is 2.45 bits per heavy atom. The molecular formula is C29H33BrN6O6.